The maximum atomic E-state index is 12.3. The summed E-state index contributed by atoms with van der Waals surface area (Å²) < 4.78 is 38.4. The second-order valence-electron chi connectivity index (χ2n) is 7.84. The average Bonchev–Trinajstić information content (AvgIpc) is 3.12. The van der Waals surface area contributed by atoms with E-state index in [0.29, 0.717) is 18.5 Å². The van der Waals surface area contributed by atoms with Crippen molar-refractivity contribution in [3.05, 3.63) is 78.9 Å². The summed E-state index contributed by atoms with van der Waals surface area (Å²) in [5.41, 5.74) is 0.641. The lowest BCUT2D eigenvalue weighted by atomic mass is 10.2. The summed E-state index contributed by atoms with van der Waals surface area (Å²) in [4.78, 5) is 0. The monoisotopic (exact) mass is 459 g/mol. The molecule has 1 N–H and O–H groups in total. The van der Waals surface area contributed by atoms with Crippen LogP contribution < -0.4 is 15.2 Å². The summed E-state index contributed by atoms with van der Waals surface area (Å²) in [5.74, 6) is 0. The van der Waals surface area contributed by atoms with E-state index in [2.05, 4.69) is 31.2 Å². The topological polar surface area (TPSA) is 63.2 Å². The standard InChI is InChI=1S/C24H31N2O3PS/c1-3-4-17-26-19-23(25(2)20-26)24(31(27,28)29)16-11-18-30(21-12-7-5-8-13-21)22-14-9-6-10-15-22/h5-10,12-15,19-20,24H,3-4,11,16-18H2,1-2H3/p+1. The minimum atomic E-state index is -4.20. The fourth-order valence-electron chi connectivity index (χ4n) is 3.86. The molecule has 3 rings (SSSR count). The molecular weight excluding hydrogens is 427 g/mol. The number of nitrogens with zero attached hydrogens (tertiary/aromatic N) is 2. The van der Waals surface area contributed by atoms with E-state index in [1.54, 1.807) is 0 Å². The highest BCUT2D eigenvalue weighted by Gasteiger charge is 2.32. The minimum Gasteiger partial charge on any atom is -0.285 e. The summed E-state index contributed by atoms with van der Waals surface area (Å²) in [6.07, 6.45) is 7.85. The molecular formula is C24H32N2O3PS+. The van der Waals surface area contributed by atoms with Gasteiger partial charge in [-0.2, -0.15) is 8.42 Å². The fourth-order valence-corrected chi connectivity index (χ4v) is 7.24. The maximum absolute atomic E-state index is 12.3. The van der Waals surface area contributed by atoms with Gasteiger partial charge >= 0.3 is 0 Å². The van der Waals surface area contributed by atoms with Gasteiger partial charge in [-0.25, -0.2) is 9.13 Å². The Morgan fingerprint density at radius 2 is 1.58 bits per heavy atom. The second kappa shape index (κ2) is 11.0. The van der Waals surface area contributed by atoms with Crippen LogP contribution in [0.4, 0.5) is 0 Å². The number of imidazole rings is 1. The molecule has 1 atom stereocenters. The Balaban J connectivity index is 1.78. The van der Waals surface area contributed by atoms with E-state index < -0.39 is 23.3 Å². The molecule has 0 aliphatic carbocycles. The number of unbranched alkanes of at least 4 members (excludes halogenated alkanes) is 1. The van der Waals surface area contributed by atoms with E-state index in [4.69, 9.17) is 0 Å². The molecule has 0 radical (unpaired) electrons. The zero-order valence-electron chi connectivity index (χ0n) is 18.3. The molecule has 1 aromatic heterocycles. The van der Waals surface area contributed by atoms with Crippen LogP contribution in [0.3, 0.4) is 0 Å². The highest BCUT2D eigenvalue weighted by molar-refractivity contribution is 7.86. The number of aromatic nitrogens is 2. The van der Waals surface area contributed by atoms with E-state index >= 15 is 0 Å². The van der Waals surface area contributed by atoms with Crippen molar-refractivity contribution in [2.75, 3.05) is 6.16 Å². The lowest BCUT2D eigenvalue weighted by Crippen LogP contribution is -2.30. The SMILES string of the molecule is CCCC[n+]1cc(C(CCCP(c2ccccc2)c2ccccc2)S(=O)(=O)O)n(C)c1. The smallest absolute Gasteiger partial charge is 0.275 e. The summed E-state index contributed by atoms with van der Waals surface area (Å²) in [7, 11) is -2.94. The molecule has 31 heavy (non-hydrogen) atoms. The number of rotatable bonds is 11. The summed E-state index contributed by atoms with van der Waals surface area (Å²) in [6.45, 7) is 2.97. The molecule has 5 nitrogen and oxygen atoms in total. The van der Waals surface area contributed by atoms with Gasteiger partial charge in [0.25, 0.3) is 10.1 Å². The van der Waals surface area contributed by atoms with Crippen LogP contribution in [0.1, 0.15) is 43.6 Å². The number of aryl methyl sites for hydroxylation is 2. The number of hydrogen-bond donors (Lipinski definition) is 1. The Labute approximate surface area is 187 Å². The molecule has 7 heteroatoms. The molecule has 0 spiro atoms. The molecule has 0 saturated heterocycles. The predicted octanol–water partition coefficient (Wildman–Crippen LogP) is 3.95. The molecule has 0 aliphatic heterocycles. The summed E-state index contributed by atoms with van der Waals surface area (Å²) in [6, 6.07) is 20.8. The first-order chi connectivity index (χ1) is 14.9. The van der Waals surface area contributed by atoms with Crippen molar-refractivity contribution in [3.63, 3.8) is 0 Å². The zero-order chi connectivity index (χ0) is 22.3. The highest BCUT2D eigenvalue weighted by atomic mass is 32.2. The van der Waals surface area contributed by atoms with Crippen molar-refractivity contribution in [3.8, 4) is 0 Å². The minimum absolute atomic E-state index is 0.392. The molecule has 2 aromatic carbocycles. The van der Waals surface area contributed by atoms with Crippen molar-refractivity contribution in [1.29, 1.82) is 0 Å². The first-order valence-corrected chi connectivity index (χ1v) is 13.8. The average molecular weight is 460 g/mol. The van der Waals surface area contributed by atoms with Crippen LogP contribution >= 0.6 is 7.92 Å². The number of hydrogen-bond acceptors (Lipinski definition) is 2. The summed E-state index contributed by atoms with van der Waals surface area (Å²) >= 11 is 0. The van der Waals surface area contributed by atoms with Crippen molar-refractivity contribution < 1.29 is 17.5 Å². The van der Waals surface area contributed by atoms with Gasteiger partial charge in [0, 0.05) is 0 Å². The van der Waals surface area contributed by atoms with Gasteiger partial charge in [-0.05, 0) is 44.0 Å². The summed E-state index contributed by atoms with van der Waals surface area (Å²) in [5, 5.41) is 1.65. The Morgan fingerprint density at radius 1 is 1.00 bits per heavy atom. The molecule has 0 aliphatic rings. The molecule has 1 heterocycles. The van der Waals surface area contributed by atoms with Gasteiger partial charge in [-0.3, -0.25) is 4.55 Å². The predicted molar refractivity (Wildman–Crippen MR) is 128 cm³/mol. The first-order valence-electron chi connectivity index (χ1n) is 10.8. The van der Waals surface area contributed by atoms with Crippen molar-refractivity contribution in [2.24, 2.45) is 7.05 Å². The van der Waals surface area contributed by atoms with Crippen molar-refractivity contribution in [2.45, 2.75) is 44.4 Å². The third-order valence-electron chi connectivity index (χ3n) is 5.47. The molecule has 166 valence electrons. The van der Waals surface area contributed by atoms with Crippen LogP contribution in [0.15, 0.2) is 73.2 Å². The lowest BCUT2D eigenvalue weighted by molar-refractivity contribution is -0.697. The molecule has 0 saturated carbocycles. The quantitative estimate of drug-likeness (QED) is 0.268. The molecule has 1 unspecified atom stereocenters. The van der Waals surface area contributed by atoms with Gasteiger partial charge in [-0.15, -0.1) is 0 Å². The third-order valence-corrected chi connectivity index (χ3v) is 9.27. The molecule has 0 bridgehead atoms. The van der Waals surface area contributed by atoms with E-state index in [-0.39, 0.29) is 0 Å². The molecule has 0 amide bonds. The van der Waals surface area contributed by atoms with Crippen LogP contribution in [-0.4, -0.2) is 23.7 Å². The second-order valence-corrected chi connectivity index (χ2v) is 11.8. The van der Waals surface area contributed by atoms with E-state index in [0.717, 1.165) is 25.5 Å². The van der Waals surface area contributed by atoms with Crippen LogP contribution in [0.25, 0.3) is 0 Å². The third kappa shape index (κ3) is 6.49. The highest BCUT2D eigenvalue weighted by Crippen LogP contribution is 2.36. The Kier molecular flexibility index (Phi) is 8.42. The van der Waals surface area contributed by atoms with Crippen LogP contribution in [-0.2, 0) is 23.7 Å². The van der Waals surface area contributed by atoms with Crippen LogP contribution in [0, 0.1) is 0 Å². The van der Waals surface area contributed by atoms with Gasteiger partial charge < -0.3 is 0 Å². The largest absolute Gasteiger partial charge is 0.285 e. The van der Waals surface area contributed by atoms with E-state index in [1.165, 1.54) is 10.6 Å². The van der Waals surface area contributed by atoms with Gasteiger partial charge in [-0.1, -0.05) is 74.0 Å². The molecule has 3 aromatic rings. The van der Waals surface area contributed by atoms with Gasteiger partial charge in [0.1, 0.15) is 6.20 Å². The van der Waals surface area contributed by atoms with Gasteiger partial charge in [0.05, 0.1) is 13.6 Å². The van der Waals surface area contributed by atoms with Crippen LogP contribution in [0.5, 0.6) is 0 Å². The Hall–Kier alpha value is -2.01. The normalized spacial score (nSPS) is 12.9. The van der Waals surface area contributed by atoms with E-state index in [1.807, 2.05) is 65.1 Å². The number of benzene rings is 2. The van der Waals surface area contributed by atoms with Crippen molar-refractivity contribution >= 4 is 28.6 Å². The van der Waals surface area contributed by atoms with E-state index in [9.17, 15) is 13.0 Å². The molecule has 0 fully saturated rings. The zero-order valence-corrected chi connectivity index (χ0v) is 20.0. The first kappa shape index (κ1) is 23.6. The Morgan fingerprint density at radius 3 is 2.10 bits per heavy atom. The van der Waals surface area contributed by atoms with Crippen LogP contribution in [0.2, 0.25) is 0 Å². The maximum Gasteiger partial charge on any atom is 0.275 e. The Bertz CT molecular complexity index is 1010. The van der Waals surface area contributed by atoms with Gasteiger partial charge in [0.15, 0.2) is 10.9 Å². The lowest BCUT2D eigenvalue weighted by Gasteiger charge is -2.19. The van der Waals surface area contributed by atoms with Gasteiger partial charge in [0.2, 0.25) is 6.33 Å². The fraction of sp³-hybridized carbons (Fsp3) is 0.375. The van der Waals surface area contributed by atoms with Crippen molar-refractivity contribution in [1.82, 2.24) is 4.57 Å².